The average molecular weight is 264 g/mol. The molecule has 0 unspecified atom stereocenters. The molecule has 1 fully saturated rings. The van der Waals surface area contributed by atoms with Crippen LogP contribution in [0, 0.1) is 5.92 Å². The number of hydrogen-bond acceptors (Lipinski definition) is 6. The highest BCUT2D eigenvalue weighted by Crippen LogP contribution is 2.37. The topological polar surface area (TPSA) is 117 Å². The summed E-state index contributed by atoms with van der Waals surface area (Å²) >= 11 is 0. The van der Waals surface area contributed by atoms with Gasteiger partial charge in [-0.15, -0.1) is 0 Å². The molecule has 0 radical (unpaired) electrons. The smallest absolute Gasteiger partial charge is 0.145 e. The van der Waals surface area contributed by atoms with Crippen molar-refractivity contribution < 1.29 is 15.3 Å². The monoisotopic (exact) mass is 264 g/mol. The van der Waals surface area contributed by atoms with E-state index in [0.717, 1.165) is 5.39 Å². The van der Waals surface area contributed by atoms with E-state index < -0.39 is 12.2 Å². The molecule has 3 rings (SSSR count). The number of fused-ring (bicyclic) bond motifs is 1. The Kier molecular flexibility index (Phi) is 2.89. The minimum Gasteiger partial charge on any atom is -0.396 e. The Balaban J connectivity index is 2.04. The molecule has 1 aliphatic carbocycles. The molecule has 0 amide bonds. The van der Waals surface area contributed by atoms with Gasteiger partial charge in [0, 0.05) is 18.7 Å². The van der Waals surface area contributed by atoms with Crippen molar-refractivity contribution in [3.63, 3.8) is 0 Å². The van der Waals surface area contributed by atoms with Gasteiger partial charge >= 0.3 is 0 Å². The van der Waals surface area contributed by atoms with Crippen molar-refractivity contribution in [2.24, 2.45) is 5.92 Å². The predicted molar refractivity (Wildman–Crippen MR) is 68.2 cm³/mol. The second-order valence-electron chi connectivity index (χ2n) is 4.95. The summed E-state index contributed by atoms with van der Waals surface area (Å²) in [7, 11) is 0. The van der Waals surface area contributed by atoms with Gasteiger partial charge in [-0.05, 0) is 12.5 Å². The molecule has 0 saturated heterocycles. The zero-order valence-corrected chi connectivity index (χ0v) is 10.2. The molecule has 5 N–H and O–H groups in total. The van der Waals surface area contributed by atoms with Gasteiger partial charge in [0.2, 0.25) is 0 Å². The summed E-state index contributed by atoms with van der Waals surface area (Å²) < 4.78 is 1.79. The fourth-order valence-corrected chi connectivity index (χ4v) is 2.81. The fourth-order valence-electron chi connectivity index (χ4n) is 2.81. The second kappa shape index (κ2) is 4.44. The van der Waals surface area contributed by atoms with Crippen molar-refractivity contribution in [1.29, 1.82) is 0 Å². The van der Waals surface area contributed by atoms with Crippen LogP contribution in [0.1, 0.15) is 12.5 Å². The van der Waals surface area contributed by atoms with E-state index >= 15 is 0 Å². The van der Waals surface area contributed by atoms with E-state index in [1.165, 1.54) is 6.33 Å². The molecule has 19 heavy (non-hydrogen) atoms. The van der Waals surface area contributed by atoms with Crippen molar-refractivity contribution in [1.82, 2.24) is 14.5 Å². The zero-order chi connectivity index (χ0) is 13.6. The van der Waals surface area contributed by atoms with Crippen molar-refractivity contribution in [2.75, 3.05) is 12.3 Å². The summed E-state index contributed by atoms with van der Waals surface area (Å²) in [6.07, 6.45) is 1.79. The number of aliphatic hydroxyl groups is 3. The maximum atomic E-state index is 10.1. The molecule has 0 aliphatic heterocycles. The molecule has 0 bridgehead atoms. The lowest BCUT2D eigenvalue weighted by atomic mass is 10.1. The summed E-state index contributed by atoms with van der Waals surface area (Å²) in [5, 5.41) is 29.9. The molecule has 0 spiro atoms. The number of nitrogens with zero attached hydrogens (tertiary/aromatic N) is 3. The predicted octanol–water partition coefficient (Wildman–Crippen LogP) is -0.711. The van der Waals surface area contributed by atoms with Crippen LogP contribution in [0.3, 0.4) is 0 Å². The van der Waals surface area contributed by atoms with E-state index in [2.05, 4.69) is 9.97 Å². The molecule has 102 valence electrons. The van der Waals surface area contributed by atoms with E-state index in [-0.39, 0.29) is 18.6 Å². The summed E-state index contributed by atoms with van der Waals surface area (Å²) in [5.41, 5.74) is 6.39. The van der Waals surface area contributed by atoms with E-state index in [9.17, 15) is 15.3 Å². The highest BCUT2D eigenvalue weighted by Gasteiger charge is 2.42. The molecule has 1 aliphatic rings. The Morgan fingerprint density at radius 3 is 2.79 bits per heavy atom. The molecule has 0 aromatic carbocycles. The van der Waals surface area contributed by atoms with Gasteiger partial charge in [0.15, 0.2) is 0 Å². The van der Waals surface area contributed by atoms with Crippen LogP contribution in [0.25, 0.3) is 11.0 Å². The minimum atomic E-state index is -0.927. The Hall–Kier alpha value is -1.70. The molecule has 2 aromatic rings. The molecule has 4 atom stereocenters. The van der Waals surface area contributed by atoms with Crippen LogP contribution in [0.4, 0.5) is 5.82 Å². The van der Waals surface area contributed by atoms with Gasteiger partial charge in [-0.3, -0.25) is 0 Å². The number of anilines is 1. The summed E-state index contributed by atoms with van der Waals surface area (Å²) in [4.78, 5) is 8.09. The third kappa shape index (κ3) is 1.78. The number of aliphatic hydroxyl groups excluding tert-OH is 3. The first-order valence-corrected chi connectivity index (χ1v) is 6.17. The SMILES string of the molecule is Nc1ncnc2c1ccn2[C@H]1C[C@@H](CO)[C@H](O)[C@@H]1O. The molecule has 7 heteroatoms. The third-order valence-corrected chi connectivity index (χ3v) is 3.90. The summed E-state index contributed by atoms with van der Waals surface area (Å²) in [6.45, 7) is -0.148. The maximum Gasteiger partial charge on any atom is 0.145 e. The van der Waals surface area contributed by atoms with Crippen molar-refractivity contribution >= 4 is 16.9 Å². The quantitative estimate of drug-likeness (QED) is 0.569. The van der Waals surface area contributed by atoms with Gasteiger partial charge < -0.3 is 25.6 Å². The van der Waals surface area contributed by atoms with Crippen LogP contribution in [0.5, 0.6) is 0 Å². The fraction of sp³-hybridized carbons (Fsp3) is 0.500. The Morgan fingerprint density at radius 2 is 2.11 bits per heavy atom. The average Bonchev–Trinajstić information content (AvgIpc) is 2.94. The van der Waals surface area contributed by atoms with Crippen LogP contribution in [-0.4, -0.2) is 48.7 Å². The lowest BCUT2D eigenvalue weighted by Gasteiger charge is -2.18. The lowest BCUT2D eigenvalue weighted by Crippen LogP contribution is -2.30. The van der Waals surface area contributed by atoms with Crippen LogP contribution in [-0.2, 0) is 0 Å². The highest BCUT2D eigenvalue weighted by molar-refractivity contribution is 5.86. The highest BCUT2D eigenvalue weighted by atomic mass is 16.3. The van der Waals surface area contributed by atoms with Crippen molar-refractivity contribution in [3.05, 3.63) is 18.6 Å². The van der Waals surface area contributed by atoms with Crippen molar-refractivity contribution in [3.8, 4) is 0 Å². The van der Waals surface area contributed by atoms with E-state index in [1.54, 1.807) is 16.8 Å². The first-order chi connectivity index (χ1) is 9.13. The number of rotatable bonds is 2. The van der Waals surface area contributed by atoms with Crippen LogP contribution in [0.15, 0.2) is 18.6 Å². The second-order valence-corrected chi connectivity index (χ2v) is 4.95. The van der Waals surface area contributed by atoms with Gasteiger partial charge in [-0.2, -0.15) is 0 Å². The van der Waals surface area contributed by atoms with Crippen LogP contribution >= 0.6 is 0 Å². The van der Waals surface area contributed by atoms with E-state index in [1.807, 2.05) is 0 Å². The normalized spacial score (nSPS) is 31.1. The Morgan fingerprint density at radius 1 is 1.32 bits per heavy atom. The number of nitrogen functional groups attached to an aromatic ring is 1. The Bertz CT molecular complexity index is 600. The zero-order valence-electron chi connectivity index (χ0n) is 10.2. The van der Waals surface area contributed by atoms with Crippen LogP contribution in [0.2, 0.25) is 0 Å². The van der Waals surface area contributed by atoms with Gasteiger partial charge in [0.25, 0.3) is 0 Å². The number of hydrogen-bond donors (Lipinski definition) is 4. The van der Waals surface area contributed by atoms with E-state index in [4.69, 9.17) is 5.73 Å². The van der Waals surface area contributed by atoms with Gasteiger partial charge in [-0.1, -0.05) is 0 Å². The van der Waals surface area contributed by atoms with Crippen LogP contribution < -0.4 is 5.73 Å². The number of aromatic nitrogens is 3. The molecular formula is C12H16N4O3. The lowest BCUT2D eigenvalue weighted by molar-refractivity contribution is -0.00365. The maximum absolute atomic E-state index is 10.1. The largest absolute Gasteiger partial charge is 0.396 e. The molecule has 1 saturated carbocycles. The standard InChI is InChI=1S/C12H16N4O3/c13-11-7-1-2-16(12(7)15-5-14-11)8-3-6(4-17)9(18)10(8)19/h1-2,5-6,8-10,17-19H,3-4H2,(H2,13,14,15)/t6-,8-,9-,10+/m0/s1. The number of nitrogens with two attached hydrogens (primary N) is 1. The third-order valence-electron chi connectivity index (χ3n) is 3.90. The van der Waals surface area contributed by atoms with E-state index in [0.29, 0.717) is 17.9 Å². The molecular weight excluding hydrogens is 248 g/mol. The first-order valence-electron chi connectivity index (χ1n) is 6.17. The summed E-state index contributed by atoms with van der Waals surface area (Å²) in [6, 6.07) is 1.47. The van der Waals surface area contributed by atoms with Gasteiger partial charge in [0.1, 0.15) is 23.9 Å². The minimum absolute atomic E-state index is 0.148. The van der Waals surface area contributed by atoms with Gasteiger partial charge in [0.05, 0.1) is 17.5 Å². The Labute approximate surface area is 109 Å². The molecule has 2 aromatic heterocycles. The first kappa shape index (κ1) is 12.3. The molecule has 7 nitrogen and oxygen atoms in total. The van der Waals surface area contributed by atoms with Gasteiger partial charge in [-0.25, -0.2) is 9.97 Å². The van der Waals surface area contributed by atoms with Crippen molar-refractivity contribution in [2.45, 2.75) is 24.7 Å². The summed E-state index contributed by atoms with van der Waals surface area (Å²) in [5.74, 6) is 0.0622. The molecule has 2 heterocycles.